The van der Waals surface area contributed by atoms with Crippen LogP contribution in [0.1, 0.15) is 55.4 Å². The van der Waals surface area contributed by atoms with Crippen molar-refractivity contribution >= 4 is 28.1 Å². The number of hydrogen-bond donors (Lipinski definition) is 3. The standard InChI is InChI=1S/C24H43N5O6S/c1-22(2,3)15(13-28-11-10-27(9)36(28,34)35)25-21(33)26-18(23(4,5)6)19(30)29-12-14-16(24(14,7)8)17(29)20(31)32/h14-18H,10-13H2,1-9H3,(H,31,32)(H2,25,26,33)/t14-,15+,16-,17-,18+/m0/s1. The predicted molar refractivity (Wildman–Crippen MR) is 135 cm³/mol. The van der Waals surface area contributed by atoms with Gasteiger partial charge in [-0.1, -0.05) is 55.4 Å². The molecule has 5 atom stereocenters. The van der Waals surface area contributed by atoms with Crippen molar-refractivity contribution < 1.29 is 27.9 Å². The molecule has 0 bridgehead atoms. The number of nitrogens with one attached hydrogen (secondary N) is 2. The third-order valence-electron chi connectivity index (χ3n) is 8.25. The Morgan fingerprint density at radius 2 is 1.61 bits per heavy atom. The van der Waals surface area contributed by atoms with Gasteiger partial charge in [-0.05, 0) is 22.2 Å². The molecular formula is C24H43N5O6S. The molecule has 0 aromatic rings. The van der Waals surface area contributed by atoms with Crippen LogP contribution >= 0.6 is 0 Å². The molecule has 3 N–H and O–H groups in total. The molecule has 3 fully saturated rings. The van der Waals surface area contributed by atoms with E-state index >= 15 is 0 Å². The Balaban J connectivity index is 1.75. The number of urea groups is 1. The number of nitrogens with zero attached hydrogens (tertiary/aromatic N) is 3. The maximum Gasteiger partial charge on any atom is 0.326 e. The third kappa shape index (κ3) is 5.22. The lowest BCUT2D eigenvalue weighted by Gasteiger charge is -2.38. The van der Waals surface area contributed by atoms with Crippen LogP contribution in [0.3, 0.4) is 0 Å². The van der Waals surface area contributed by atoms with Crippen LogP contribution in [0.25, 0.3) is 0 Å². The molecule has 0 spiro atoms. The topological polar surface area (TPSA) is 139 Å². The molecule has 0 unspecified atom stereocenters. The van der Waals surface area contributed by atoms with E-state index in [9.17, 15) is 27.9 Å². The lowest BCUT2D eigenvalue weighted by Crippen LogP contribution is -2.61. The van der Waals surface area contributed by atoms with Crippen LogP contribution in [-0.4, -0.2) is 96.3 Å². The number of fused-ring (bicyclic) bond motifs is 1. The van der Waals surface area contributed by atoms with E-state index in [1.165, 1.54) is 20.6 Å². The number of carboxylic acids is 1. The Bertz CT molecular complexity index is 1010. The molecule has 0 aromatic carbocycles. The molecule has 3 amide bonds. The van der Waals surface area contributed by atoms with Crippen LogP contribution in [0.5, 0.6) is 0 Å². The van der Waals surface area contributed by atoms with Gasteiger partial charge >= 0.3 is 12.0 Å². The van der Waals surface area contributed by atoms with Crippen molar-refractivity contribution in [2.45, 2.75) is 73.5 Å². The zero-order valence-electron chi connectivity index (χ0n) is 23.0. The molecule has 0 radical (unpaired) electrons. The van der Waals surface area contributed by atoms with Gasteiger partial charge < -0.3 is 20.6 Å². The van der Waals surface area contributed by atoms with Gasteiger partial charge in [-0.3, -0.25) is 4.79 Å². The number of likely N-dealkylation sites (N-methyl/N-ethyl adjacent to an activating group) is 1. The minimum Gasteiger partial charge on any atom is -0.480 e. The summed E-state index contributed by atoms with van der Waals surface area (Å²) >= 11 is 0. The summed E-state index contributed by atoms with van der Waals surface area (Å²) in [6, 6.07) is -2.99. The number of rotatable bonds is 6. The van der Waals surface area contributed by atoms with Gasteiger partial charge in [-0.25, -0.2) is 9.59 Å². The molecule has 3 rings (SSSR count). The van der Waals surface area contributed by atoms with E-state index < -0.39 is 57.1 Å². The molecule has 36 heavy (non-hydrogen) atoms. The zero-order valence-corrected chi connectivity index (χ0v) is 23.8. The largest absolute Gasteiger partial charge is 0.480 e. The molecule has 206 valence electrons. The fourth-order valence-corrected chi connectivity index (χ4v) is 6.90. The highest BCUT2D eigenvalue weighted by molar-refractivity contribution is 7.87. The molecule has 12 heteroatoms. The van der Waals surface area contributed by atoms with E-state index in [0.29, 0.717) is 19.6 Å². The minimum absolute atomic E-state index is 0.0980. The predicted octanol–water partition coefficient (Wildman–Crippen LogP) is 1.17. The zero-order chi connectivity index (χ0) is 27.6. The summed E-state index contributed by atoms with van der Waals surface area (Å²) in [7, 11) is -2.05. The van der Waals surface area contributed by atoms with Gasteiger partial charge in [-0.2, -0.15) is 17.0 Å². The smallest absolute Gasteiger partial charge is 0.326 e. The van der Waals surface area contributed by atoms with Crippen LogP contribution in [-0.2, 0) is 19.8 Å². The highest BCUT2D eigenvalue weighted by Crippen LogP contribution is 2.65. The second-order valence-corrected chi connectivity index (χ2v) is 15.3. The Morgan fingerprint density at radius 3 is 2.06 bits per heavy atom. The Labute approximate surface area is 215 Å². The molecule has 0 aromatic heterocycles. The normalized spacial score (nSPS) is 29.4. The molecule has 1 aliphatic carbocycles. The van der Waals surface area contributed by atoms with Gasteiger partial charge in [0.25, 0.3) is 10.2 Å². The van der Waals surface area contributed by atoms with Gasteiger partial charge in [0.15, 0.2) is 0 Å². The van der Waals surface area contributed by atoms with Crippen molar-refractivity contribution in [1.82, 2.24) is 24.1 Å². The number of carbonyl (C=O) groups excluding carboxylic acids is 2. The second-order valence-electron chi connectivity index (χ2n) is 13.3. The fraction of sp³-hybridized carbons (Fsp3) is 0.875. The summed E-state index contributed by atoms with van der Waals surface area (Å²) in [5.74, 6) is -1.41. The van der Waals surface area contributed by atoms with Crippen molar-refractivity contribution in [2.24, 2.45) is 28.1 Å². The molecule has 3 aliphatic rings. The lowest BCUT2D eigenvalue weighted by atomic mass is 9.85. The van der Waals surface area contributed by atoms with Crippen molar-refractivity contribution in [2.75, 3.05) is 33.2 Å². The maximum atomic E-state index is 13.6. The minimum atomic E-state index is -3.57. The highest BCUT2D eigenvalue weighted by Gasteiger charge is 2.70. The summed E-state index contributed by atoms with van der Waals surface area (Å²) in [6.07, 6.45) is 0. The molecular weight excluding hydrogens is 486 g/mol. The van der Waals surface area contributed by atoms with Crippen molar-refractivity contribution in [3.63, 3.8) is 0 Å². The summed E-state index contributed by atoms with van der Waals surface area (Å²) in [5.41, 5.74) is -1.27. The second kappa shape index (κ2) is 9.13. The lowest BCUT2D eigenvalue weighted by molar-refractivity contribution is -0.152. The van der Waals surface area contributed by atoms with Gasteiger partial charge in [0.05, 0.1) is 0 Å². The molecule has 1 saturated carbocycles. The number of carboxylic acid groups (broad SMARTS) is 1. The van der Waals surface area contributed by atoms with E-state index in [1.807, 2.05) is 55.4 Å². The number of piperidine rings is 1. The van der Waals surface area contributed by atoms with Gasteiger partial charge in [0, 0.05) is 45.2 Å². The van der Waals surface area contributed by atoms with E-state index in [-0.39, 0.29) is 23.8 Å². The Hall–Kier alpha value is -1.92. The Kier molecular flexibility index (Phi) is 7.26. The fourth-order valence-electron chi connectivity index (χ4n) is 5.55. The van der Waals surface area contributed by atoms with Crippen LogP contribution in [0.2, 0.25) is 0 Å². The highest BCUT2D eigenvalue weighted by atomic mass is 32.2. The van der Waals surface area contributed by atoms with E-state index in [2.05, 4.69) is 10.6 Å². The average molecular weight is 530 g/mol. The van der Waals surface area contributed by atoms with Crippen LogP contribution in [0.15, 0.2) is 0 Å². The average Bonchev–Trinajstić information content (AvgIpc) is 3.02. The van der Waals surface area contributed by atoms with Crippen LogP contribution < -0.4 is 10.6 Å². The number of hydrogen-bond acceptors (Lipinski definition) is 5. The summed E-state index contributed by atoms with van der Waals surface area (Å²) in [5, 5.41) is 15.6. The maximum absolute atomic E-state index is 13.6. The van der Waals surface area contributed by atoms with E-state index in [0.717, 1.165) is 0 Å². The van der Waals surface area contributed by atoms with Crippen molar-refractivity contribution in [1.29, 1.82) is 0 Å². The molecule has 2 heterocycles. The van der Waals surface area contributed by atoms with Gasteiger partial charge in [0.1, 0.15) is 12.1 Å². The van der Waals surface area contributed by atoms with Crippen molar-refractivity contribution in [3.8, 4) is 0 Å². The summed E-state index contributed by atoms with van der Waals surface area (Å²) < 4.78 is 27.8. The van der Waals surface area contributed by atoms with Gasteiger partial charge in [-0.15, -0.1) is 0 Å². The number of amides is 3. The number of likely N-dealkylation sites (tertiary alicyclic amines) is 1. The first-order chi connectivity index (χ1) is 16.2. The first-order valence-electron chi connectivity index (χ1n) is 12.5. The quantitative estimate of drug-likeness (QED) is 0.472. The molecule has 2 aliphatic heterocycles. The number of aliphatic carboxylic acids is 1. The van der Waals surface area contributed by atoms with E-state index in [4.69, 9.17) is 0 Å². The van der Waals surface area contributed by atoms with Crippen molar-refractivity contribution in [3.05, 3.63) is 0 Å². The van der Waals surface area contributed by atoms with Crippen LogP contribution in [0.4, 0.5) is 4.79 Å². The number of carbonyl (C=O) groups is 3. The molecule has 2 saturated heterocycles. The summed E-state index contributed by atoms with van der Waals surface area (Å²) in [4.78, 5) is 40.3. The third-order valence-corrected chi connectivity index (χ3v) is 10.2. The molecule has 11 nitrogen and oxygen atoms in total. The SMILES string of the molecule is CN1CCN(C[C@@H](NC(=O)N[C@H](C(=O)N2C[C@H]3[C@@H]([C@H]2C(=O)O)C3(C)C)C(C)(C)C)C(C)(C)C)S1(=O)=O. The Morgan fingerprint density at radius 1 is 1.03 bits per heavy atom. The first kappa shape index (κ1) is 28.6. The van der Waals surface area contributed by atoms with Crippen LogP contribution in [0, 0.1) is 28.1 Å². The van der Waals surface area contributed by atoms with E-state index in [1.54, 1.807) is 0 Å². The monoisotopic (exact) mass is 529 g/mol. The summed E-state index contributed by atoms with van der Waals surface area (Å²) in [6.45, 7) is 16.4. The van der Waals surface area contributed by atoms with Gasteiger partial charge in [0.2, 0.25) is 5.91 Å². The first-order valence-corrected chi connectivity index (χ1v) is 13.9.